The first-order chi connectivity index (χ1) is 13.6. The van der Waals surface area contributed by atoms with Crippen molar-refractivity contribution in [1.82, 2.24) is 0 Å². The molecule has 0 atom stereocenters. The SMILES string of the molecule is CC(=O)N(CC(=O)N1CCc2ccccc21)c1ccc(N2CCCCC2)cc1. The number of nitrogens with zero attached hydrogens (tertiary/aromatic N) is 3. The minimum atomic E-state index is -0.119. The highest BCUT2D eigenvalue weighted by molar-refractivity contribution is 6.04. The molecule has 0 saturated carbocycles. The van der Waals surface area contributed by atoms with E-state index in [1.54, 1.807) is 9.80 Å². The Hall–Kier alpha value is -2.82. The zero-order chi connectivity index (χ0) is 19.5. The van der Waals surface area contributed by atoms with Crippen LogP contribution in [-0.2, 0) is 16.0 Å². The maximum Gasteiger partial charge on any atom is 0.247 e. The summed E-state index contributed by atoms with van der Waals surface area (Å²) in [5.74, 6) is -0.160. The maximum absolute atomic E-state index is 12.9. The van der Waals surface area contributed by atoms with E-state index in [1.165, 1.54) is 37.4 Å². The van der Waals surface area contributed by atoms with Gasteiger partial charge in [0.2, 0.25) is 11.8 Å². The molecule has 0 aromatic heterocycles. The second-order valence-corrected chi connectivity index (χ2v) is 7.59. The number of para-hydroxylation sites is 1. The van der Waals surface area contributed by atoms with Gasteiger partial charge in [0.05, 0.1) is 0 Å². The number of anilines is 3. The first kappa shape index (κ1) is 18.5. The zero-order valence-electron chi connectivity index (χ0n) is 16.4. The van der Waals surface area contributed by atoms with E-state index in [0.29, 0.717) is 6.54 Å². The molecule has 2 amide bonds. The summed E-state index contributed by atoms with van der Waals surface area (Å²) in [4.78, 5) is 31.0. The Balaban J connectivity index is 1.48. The number of rotatable bonds is 4. The zero-order valence-corrected chi connectivity index (χ0v) is 16.4. The van der Waals surface area contributed by atoms with Crippen molar-refractivity contribution in [2.24, 2.45) is 0 Å². The van der Waals surface area contributed by atoms with Crippen LogP contribution in [0.25, 0.3) is 0 Å². The minimum Gasteiger partial charge on any atom is -0.372 e. The number of hydrogen-bond donors (Lipinski definition) is 0. The van der Waals surface area contributed by atoms with Crippen LogP contribution in [-0.4, -0.2) is 38.0 Å². The lowest BCUT2D eigenvalue weighted by Crippen LogP contribution is -2.41. The molecule has 0 N–H and O–H groups in total. The molecule has 5 heteroatoms. The highest BCUT2D eigenvalue weighted by Gasteiger charge is 2.27. The Morgan fingerprint density at radius 1 is 0.929 bits per heavy atom. The van der Waals surface area contributed by atoms with Crippen molar-refractivity contribution in [1.29, 1.82) is 0 Å². The smallest absolute Gasteiger partial charge is 0.247 e. The first-order valence-corrected chi connectivity index (χ1v) is 10.1. The molecule has 0 aliphatic carbocycles. The summed E-state index contributed by atoms with van der Waals surface area (Å²) < 4.78 is 0. The predicted octanol–water partition coefficient (Wildman–Crippen LogP) is 3.62. The minimum absolute atomic E-state index is 0.0414. The van der Waals surface area contributed by atoms with E-state index in [9.17, 15) is 9.59 Å². The van der Waals surface area contributed by atoms with Gasteiger partial charge in [-0.1, -0.05) is 18.2 Å². The van der Waals surface area contributed by atoms with Gasteiger partial charge in [-0.25, -0.2) is 0 Å². The van der Waals surface area contributed by atoms with Crippen LogP contribution < -0.4 is 14.7 Å². The molecule has 0 bridgehead atoms. The molecule has 28 heavy (non-hydrogen) atoms. The molecule has 1 fully saturated rings. The van der Waals surface area contributed by atoms with Crippen LogP contribution in [0.1, 0.15) is 31.7 Å². The summed E-state index contributed by atoms with van der Waals surface area (Å²) in [6.45, 7) is 4.43. The van der Waals surface area contributed by atoms with Crippen LogP contribution in [0.4, 0.5) is 17.1 Å². The Morgan fingerprint density at radius 2 is 1.64 bits per heavy atom. The molecule has 1 saturated heterocycles. The average molecular weight is 377 g/mol. The molecule has 2 aliphatic rings. The number of amides is 2. The van der Waals surface area contributed by atoms with Gasteiger partial charge in [0.15, 0.2) is 0 Å². The van der Waals surface area contributed by atoms with Crippen LogP contribution in [0.2, 0.25) is 0 Å². The monoisotopic (exact) mass is 377 g/mol. The Labute approximate surface area is 166 Å². The number of piperidine rings is 1. The molecule has 2 heterocycles. The standard InChI is InChI=1S/C23H27N3O2/c1-18(27)26(17-23(28)25-16-13-19-7-3-4-8-22(19)25)21-11-9-20(10-12-21)24-14-5-2-6-15-24/h3-4,7-12H,2,5-6,13-17H2,1H3. The van der Waals surface area contributed by atoms with Gasteiger partial charge in [-0.05, 0) is 61.6 Å². The van der Waals surface area contributed by atoms with Crippen molar-refractivity contribution < 1.29 is 9.59 Å². The molecule has 0 radical (unpaired) electrons. The maximum atomic E-state index is 12.9. The summed E-state index contributed by atoms with van der Waals surface area (Å²) in [6.07, 6.45) is 4.63. The summed E-state index contributed by atoms with van der Waals surface area (Å²) >= 11 is 0. The van der Waals surface area contributed by atoms with Gasteiger partial charge in [0.1, 0.15) is 6.54 Å². The highest BCUT2D eigenvalue weighted by Crippen LogP contribution is 2.28. The molecule has 5 nitrogen and oxygen atoms in total. The van der Waals surface area contributed by atoms with Crippen LogP contribution in [0.3, 0.4) is 0 Å². The van der Waals surface area contributed by atoms with E-state index in [0.717, 1.165) is 30.9 Å². The normalized spacial score (nSPS) is 16.0. The third-order valence-corrected chi connectivity index (χ3v) is 5.74. The summed E-state index contributed by atoms with van der Waals surface area (Å²) in [7, 11) is 0. The second-order valence-electron chi connectivity index (χ2n) is 7.59. The van der Waals surface area contributed by atoms with E-state index in [2.05, 4.69) is 23.1 Å². The third kappa shape index (κ3) is 3.75. The number of carbonyl (C=O) groups is 2. The van der Waals surface area contributed by atoms with Crippen LogP contribution in [0.15, 0.2) is 48.5 Å². The molecule has 0 spiro atoms. The number of carbonyl (C=O) groups excluding carboxylic acids is 2. The van der Waals surface area contributed by atoms with Crippen molar-refractivity contribution in [3.8, 4) is 0 Å². The highest BCUT2D eigenvalue weighted by atomic mass is 16.2. The lowest BCUT2D eigenvalue weighted by atomic mass is 10.1. The number of fused-ring (bicyclic) bond motifs is 1. The van der Waals surface area contributed by atoms with Crippen LogP contribution in [0.5, 0.6) is 0 Å². The molecule has 2 aromatic carbocycles. The fourth-order valence-electron chi connectivity index (χ4n) is 4.20. The molecule has 146 valence electrons. The van der Waals surface area contributed by atoms with Crippen molar-refractivity contribution in [3.05, 3.63) is 54.1 Å². The van der Waals surface area contributed by atoms with Gasteiger partial charge in [-0.3, -0.25) is 9.59 Å². The summed E-state index contributed by atoms with van der Waals surface area (Å²) in [5.41, 5.74) is 4.12. The van der Waals surface area contributed by atoms with Gasteiger partial charge in [-0.2, -0.15) is 0 Å². The number of benzene rings is 2. The van der Waals surface area contributed by atoms with E-state index >= 15 is 0 Å². The fourth-order valence-corrected chi connectivity index (χ4v) is 4.20. The van der Waals surface area contributed by atoms with Gasteiger partial charge >= 0.3 is 0 Å². The van der Waals surface area contributed by atoms with Crippen LogP contribution in [0, 0.1) is 0 Å². The van der Waals surface area contributed by atoms with E-state index in [1.807, 2.05) is 30.3 Å². The van der Waals surface area contributed by atoms with Gasteiger partial charge in [0.25, 0.3) is 0 Å². The quantitative estimate of drug-likeness (QED) is 0.817. The van der Waals surface area contributed by atoms with Gasteiger partial charge in [-0.15, -0.1) is 0 Å². The molecule has 4 rings (SSSR count). The lowest BCUT2D eigenvalue weighted by Gasteiger charge is -2.29. The Kier molecular flexibility index (Phi) is 5.33. The molecule has 2 aliphatic heterocycles. The summed E-state index contributed by atoms with van der Waals surface area (Å²) in [6, 6.07) is 16.0. The van der Waals surface area contributed by atoms with Crippen LogP contribution >= 0.6 is 0 Å². The van der Waals surface area contributed by atoms with E-state index in [-0.39, 0.29) is 18.4 Å². The largest absolute Gasteiger partial charge is 0.372 e. The Morgan fingerprint density at radius 3 is 2.36 bits per heavy atom. The van der Waals surface area contributed by atoms with Crippen molar-refractivity contribution in [3.63, 3.8) is 0 Å². The molecule has 0 unspecified atom stereocenters. The first-order valence-electron chi connectivity index (χ1n) is 10.1. The fraction of sp³-hybridized carbons (Fsp3) is 0.391. The molecule has 2 aromatic rings. The van der Waals surface area contributed by atoms with Gasteiger partial charge < -0.3 is 14.7 Å². The van der Waals surface area contributed by atoms with Crippen molar-refractivity contribution in [2.75, 3.05) is 40.9 Å². The van der Waals surface area contributed by atoms with Crippen molar-refractivity contribution >= 4 is 28.9 Å². The van der Waals surface area contributed by atoms with E-state index < -0.39 is 0 Å². The molecular weight excluding hydrogens is 350 g/mol. The third-order valence-electron chi connectivity index (χ3n) is 5.74. The second kappa shape index (κ2) is 8.05. The number of hydrogen-bond acceptors (Lipinski definition) is 3. The van der Waals surface area contributed by atoms with Crippen molar-refractivity contribution in [2.45, 2.75) is 32.6 Å². The lowest BCUT2D eigenvalue weighted by molar-refractivity contribution is -0.121. The molecular formula is C23H27N3O2. The van der Waals surface area contributed by atoms with E-state index in [4.69, 9.17) is 0 Å². The average Bonchev–Trinajstić information content (AvgIpc) is 3.17. The summed E-state index contributed by atoms with van der Waals surface area (Å²) in [5, 5.41) is 0. The topological polar surface area (TPSA) is 43.9 Å². The predicted molar refractivity (Wildman–Crippen MR) is 113 cm³/mol. The Bertz CT molecular complexity index is 856. The van der Waals surface area contributed by atoms with Gasteiger partial charge in [0, 0.05) is 43.6 Å².